The predicted molar refractivity (Wildman–Crippen MR) is 121 cm³/mol. The van der Waals surface area contributed by atoms with E-state index in [1.165, 1.54) is 6.92 Å². The van der Waals surface area contributed by atoms with Gasteiger partial charge in [-0.15, -0.1) is 0 Å². The minimum atomic E-state index is -1.19. The Labute approximate surface area is 187 Å². The summed E-state index contributed by atoms with van der Waals surface area (Å²) in [4.78, 5) is 48.7. The first kappa shape index (κ1) is 26.4. The molecule has 0 saturated carbocycles. The van der Waals surface area contributed by atoms with Crippen LogP contribution in [0.15, 0.2) is 30.3 Å². The van der Waals surface area contributed by atoms with Crippen molar-refractivity contribution < 1.29 is 24.3 Å². The molecule has 0 aliphatic rings. The van der Waals surface area contributed by atoms with Gasteiger partial charge in [0.25, 0.3) is 0 Å². The van der Waals surface area contributed by atoms with Crippen molar-refractivity contribution in [1.29, 1.82) is 0 Å². The molecular formula is C21H32N4O5S. The lowest BCUT2D eigenvalue weighted by molar-refractivity contribution is -0.142. The van der Waals surface area contributed by atoms with Gasteiger partial charge in [-0.25, -0.2) is 4.79 Å². The highest BCUT2D eigenvalue weighted by Crippen LogP contribution is 2.06. The molecule has 3 amide bonds. The van der Waals surface area contributed by atoms with Crippen molar-refractivity contribution >= 4 is 36.3 Å². The molecule has 0 heterocycles. The van der Waals surface area contributed by atoms with Crippen molar-refractivity contribution in [2.45, 2.75) is 57.8 Å². The summed E-state index contributed by atoms with van der Waals surface area (Å²) in [7, 11) is 0. The number of carbonyl (C=O) groups is 4. The van der Waals surface area contributed by atoms with Gasteiger partial charge in [0.05, 0.1) is 6.04 Å². The smallest absolute Gasteiger partial charge is 0.326 e. The molecule has 6 N–H and O–H groups in total. The fourth-order valence-electron chi connectivity index (χ4n) is 2.70. The highest BCUT2D eigenvalue weighted by molar-refractivity contribution is 7.80. The molecule has 1 aromatic rings. The van der Waals surface area contributed by atoms with E-state index in [2.05, 4.69) is 28.6 Å². The Morgan fingerprint density at radius 2 is 1.55 bits per heavy atom. The van der Waals surface area contributed by atoms with Crippen molar-refractivity contribution in [1.82, 2.24) is 16.0 Å². The van der Waals surface area contributed by atoms with Crippen LogP contribution in [0.5, 0.6) is 0 Å². The number of rotatable bonds is 12. The topological polar surface area (TPSA) is 151 Å². The molecule has 0 bridgehead atoms. The van der Waals surface area contributed by atoms with Gasteiger partial charge in [0.2, 0.25) is 17.7 Å². The summed E-state index contributed by atoms with van der Waals surface area (Å²) in [6, 6.07) is 4.95. The lowest BCUT2D eigenvalue weighted by atomic mass is 9.99. The van der Waals surface area contributed by atoms with Crippen molar-refractivity contribution in [3.8, 4) is 0 Å². The summed E-state index contributed by atoms with van der Waals surface area (Å²) in [5, 5.41) is 16.9. The molecule has 0 radical (unpaired) electrons. The zero-order valence-electron chi connectivity index (χ0n) is 18.0. The summed E-state index contributed by atoms with van der Waals surface area (Å²) in [5.74, 6) is -3.04. The van der Waals surface area contributed by atoms with Gasteiger partial charge in [0, 0.05) is 12.2 Å². The van der Waals surface area contributed by atoms with Gasteiger partial charge >= 0.3 is 5.97 Å². The van der Waals surface area contributed by atoms with Gasteiger partial charge < -0.3 is 26.8 Å². The fourth-order valence-corrected chi connectivity index (χ4v) is 2.96. The Kier molecular flexibility index (Phi) is 11.1. The molecule has 0 aliphatic heterocycles. The number of carboxylic acid groups (broad SMARTS) is 1. The third kappa shape index (κ3) is 8.58. The van der Waals surface area contributed by atoms with Crippen LogP contribution in [0.2, 0.25) is 0 Å². The number of thiol groups is 1. The lowest BCUT2D eigenvalue weighted by Crippen LogP contribution is -2.57. The van der Waals surface area contributed by atoms with Crippen LogP contribution in [0.4, 0.5) is 0 Å². The average Bonchev–Trinajstić information content (AvgIpc) is 2.75. The number of nitrogens with one attached hydrogen (secondary N) is 3. The van der Waals surface area contributed by atoms with Crippen molar-refractivity contribution in [3.63, 3.8) is 0 Å². The van der Waals surface area contributed by atoms with Gasteiger partial charge in [0.15, 0.2) is 0 Å². The highest BCUT2D eigenvalue weighted by atomic mass is 32.1. The molecule has 9 nitrogen and oxygen atoms in total. The summed E-state index contributed by atoms with van der Waals surface area (Å²) < 4.78 is 0. The number of amides is 3. The second kappa shape index (κ2) is 13.0. The van der Waals surface area contributed by atoms with Gasteiger partial charge in [-0.2, -0.15) is 12.6 Å². The Morgan fingerprint density at radius 1 is 0.968 bits per heavy atom. The third-order valence-electron chi connectivity index (χ3n) is 5.02. The van der Waals surface area contributed by atoms with E-state index in [4.69, 9.17) is 5.73 Å². The Morgan fingerprint density at radius 3 is 2.06 bits per heavy atom. The van der Waals surface area contributed by atoms with Crippen LogP contribution in [-0.2, 0) is 25.6 Å². The number of carboxylic acids is 1. The van der Waals surface area contributed by atoms with Crippen LogP contribution in [-0.4, -0.2) is 58.7 Å². The van der Waals surface area contributed by atoms with Crippen molar-refractivity contribution in [2.24, 2.45) is 11.7 Å². The van der Waals surface area contributed by atoms with Crippen LogP contribution < -0.4 is 21.7 Å². The predicted octanol–water partition coefficient (Wildman–Crippen LogP) is 0.0912. The van der Waals surface area contributed by atoms with Gasteiger partial charge in [-0.1, -0.05) is 50.6 Å². The molecule has 10 heteroatoms. The standard InChI is InChI=1S/C21H32N4O5S/c1-4-12(2)17(22)20(28)23-13(3)18(26)25-16(11-31)19(27)24-15(21(29)30)10-14-8-6-5-7-9-14/h5-9,12-13,15-17,31H,4,10-11,22H2,1-3H3,(H,23,28)(H,24,27)(H,25,26)(H,29,30). The van der Waals surface area contributed by atoms with Crippen LogP contribution in [0, 0.1) is 5.92 Å². The van der Waals surface area contributed by atoms with E-state index in [1.807, 2.05) is 13.8 Å². The molecule has 0 fully saturated rings. The zero-order chi connectivity index (χ0) is 23.6. The number of benzene rings is 1. The Balaban J connectivity index is 2.70. The molecule has 172 valence electrons. The van der Waals surface area contributed by atoms with Crippen LogP contribution in [0.1, 0.15) is 32.8 Å². The Hall–Kier alpha value is -2.59. The molecule has 0 saturated heterocycles. The minimum Gasteiger partial charge on any atom is -0.480 e. The maximum atomic E-state index is 12.6. The van der Waals surface area contributed by atoms with E-state index in [1.54, 1.807) is 30.3 Å². The summed E-state index contributed by atoms with van der Waals surface area (Å²) in [6.07, 6.45) is 0.805. The molecule has 1 aromatic carbocycles. The van der Waals surface area contributed by atoms with Gasteiger partial charge in [-0.3, -0.25) is 14.4 Å². The van der Waals surface area contributed by atoms with Crippen LogP contribution in [0.3, 0.4) is 0 Å². The lowest BCUT2D eigenvalue weighted by Gasteiger charge is -2.23. The van der Waals surface area contributed by atoms with E-state index in [0.29, 0.717) is 6.42 Å². The summed E-state index contributed by atoms with van der Waals surface area (Å²) >= 11 is 4.08. The zero-order valence-corrected chi connectivity index (χ0v) is 18.9. The Bertz CT molecular complexity index is 761. The fraction of sp³-hybridized carbons (Fsp3) is 0.524. The van der Waals surface area contributed by atoms with Gasteiger partial charge in [0.1, 0.15) is 18.1 Å². The van der Waals surface area contributed by atoms with Crippen molar-refractivity contribution in [2.75, 3.05) is 5.75 Å². The first-order chi connectivity index (χ1) is 14.6. The third-order valence-corrected chi connectivity index (χ3v) is 5.39. The minimum absolute atomic E-state index is 0.0520. The van der Waals surface area contributed by atoms with Crippen LogP contribution in [0.25, 0.3) is 0 Å². The molecule has 0 spiro atoms. The summed E-state index contributed by atoms with van der Waals surface area (Å²) in [6.45, 7) is 5.22. The van der Waals surface area contributed by atoms with Crippen molar-refractivity contribution in [3.05, 3.63) is 35.9 Å². The first-order valence-electron chi connectivity index (χ1n) is 10.1. The van der Waals surface area contributed by atoms with E-state index in [-0.39, 0.29) is 18.1 Å². The van der Waals surface area contributed by atoms with Gasteiger partial charge in [-0.05, 0) is 18.4 Å². The molecule has 1 rings (SSSR count). The number of nitrogens with two attached hydrogens (primary N) is 1. The van der Waals surface area contributed by atoms with Crippen LogP contribution >= 0.6 is 12.6 Å². The largest absolute Gasteiger partial charge is 0.480 e. The molecule has 0 aromatic heterocycles. The normalized spacial score (nSPS) is 15.6. The molecule has 0 aliphatic carbocycles. The molecule has 5 atom stereocenters. The van der Waals surface area contributed by atoms with E-state index in [0.717, 1.165) is 5.56 Å². The number of hydrogen-bond donors (Lipinski definition) is 6. The average molecular weight is 453 g/mol. The maximum absolute atomic E-state index is 12.6. The van der Waals surface area contributed by atoms with E-state index in [9.17, 15) is 24.3 Å². The quantitative estimate of drug-likeness (QED) is 0.247. The maximum Gasteiger partial charge on any atom is 0.326 e. The second-order valence-electron chi connectivity index (χ2n) is 7.47. The molecule has 5 unspecified atom stereocenters. The number of aliphatic carboxylic acids is 1. The SMILES string of the molecule is CCC(C)C(N)C(=O)NC(C)C(=O)NC(CS)C(=O)NC(Cc1ccccc1)C(=O)O. The number of hydrogen-bond acceptors (Lipinski definition) is 6. The summed E-state index contributed by atoms with van der Waals surface area (Å²) in [5.41, 5.74) is 6.61. The number of carbonyl (C=O) groups excluding carboxylic acids is 3. The van der Waals surface area contributed by atoms with E-state index < -0.39 is 47.9 Å². The monoisotopic (exact) mass is 452 g/mol. The molecular weight excluding hydrogens is 420 g/mol. The first-order valence-corrected chi connectivity index (χ1v) is 10.8. The highest BCUT2D eigenvalue weighted by Gasteiger charge is 2.28. The molecule has 31 heavy (non-hydrogen) atoms. The van der Waals surface area contributed by atoms with E-state index >= 15 is 0 Å². The second-order valence-corrected chi connectivity index (χ2v) is 7.84.